The molecule has 2 fully saturated rings. The minimum atomic E-state index is -0.656. The second-order valence-electron chi connectivity index (χ2n) is 7.29. The topological polar surface area (TPSA) is 53.4 Å². The maximum absolute atomic E-state index is 11.4. The summed E-state index contributed by atoms with van der Waals surface area (Å²) < 4.78 is 0. The summed E-state index contributed by atoms with van der Waals surface area (Å²) in [5.74, 6) is -0.253. The standard InChI is InChI=1S/C18H28N2O2S/c1-12-8-9-15(18(21)22)13(2)20(12)10-17-19-16(11-23-17)14-6-4-3-5-7-14/h11-15H,3-10H2,1-2H3,(H,21,22). The highest BCUT2D eigenvalue weighted by Crippen LogP contribution is 2.34. The smallest absolute Gasteiger partial charge is 0.308 e. The van der Waals surface area contributed by atoms with Crippen LogP contribution in [0.3, 0.4) is 0 Å². The van der Waals surface area contributed by atoms with Gasteiger partial charge in [0.1, 0.15) is 5.01 Å². The van der Waals surface area contributed by atoms with Gasteiger partial charge in [0.2, 0.25) is 0 Å². The number of carboxylic acids is 1. The van der Waals surface area contributed by atoms with Crippen molar-refractivity contribution >= 4 is 17.3 Å². The first-order valence-corrected chi connectivity index (χ1v) is 9.87. The molecule has 0 spiro atoms. The van der Waals surface area contributed by atoms with Crippen molar-refractivity contribution in [2.45, 2.75) is 83.3 Å². The van der Waals surface area contributed by atoms with E-state index in [0.717, 1.165) is 24.4 Å². The lowest BCUT2D eigenvalue weighted by atomic mass is 9.86. The van der Waals surface area contributed by atoms with Crippen molar-refractivity contribution in [2.24, 2.45) is 5.92 Å². The number of rotatable bonds is 4. The first kappa shape index (κ1) is 16.9. The number of aliphatic carboxylic acids is 1. The van der Waals surface area contributed by atoms with Crippen molar-refractivity contribution in [1.82, 2.24) is 9.88 Å². The molecule has 1 aliphatic carbocycles. The van der Waals surface area contributed by atoms with E-state index in [2.05, 4.69) is 24.1 Å². The van der Waals surface area contributed by atoms with E-state index < -0.39 is 5.97 Å². The molecule has 1 aromatic heterocycles. The highest BCUT2D eigenvalue weighted by Gasteiger charge is 2.36. The molecule has 0 aromatic carbocycles. The van der Waals surface area contributed by atoms with E-state index in [1.807, 2.05) is 0 Å². The summed E-state index contributed by atoms with van der Waals surface area (Å²) in [4.78, 5) is 18.7. The van der Waals surface area contributed by atoms with Crippen LogP contribution in [0.15, 0.2) is 5.38 Å². The second-order valence-corrected chi connectivity index (χ2v) is 8.23. The fourth-order valence-electron chi connectivity index (χ4n) is 4.23. The molecular weight excluding hydrogens is 308 g/mol. The summed E-state index contributed by atoms with van der Waals surface area (Å²) in [5, 5.41) is 12.8. The summed E-state index contributed by atoms with van der Waals surface area (Å²) in [5.41, 5.74) is 1.27. The number of piperidine rings is 1. The molecule has 4 nitrogen and oxygen atoms in total. The Morgan fingerprint density at radius 3 is 2.70 bits per heavy atom. The van der Waals surface area contributed by atoms with E-state index in [4.69, 9.17) is 4.98 Å². The molecule has 2 heterocycles. The Morgan fingerprint density at radius 2 is 2.00 bits per heavy atom. The summed E-state index contributed by atoms with van der Waals surface area (Å²) in [6.07, 6.45) is 8.34. The number of hydrogen-bond donors (Lipinski definition) is 1. The van der Waals surface area contributed by atoms with Crippen molar-refractivity contribution in [3.8, 4) is 0 Å². The lowest BCUT2D eigenvalue weighted by Gasteiger charge is -2.41. The van der Waals surface area contributed by atoms with Crippen LogP contribution in [0.1, 0.15) is 75.4 Å². The van der Waals surface area contributed by atoms with Crippen LogP contribution in [0, 0.1) is 5.92 Å². The minimum absolute atomic E-state index is 0.0817. The van der Waals surface area contributed by atoms with Gasteiger partial charge in [-0.3, -0.25) is 9.69 Å². The highest BCUT2D eigenvalue weighted by molar-refractivity contribution is 7.09. The van der Waals surface area contributed by atoms with Crippen molar-refractivity contribution in [3.63, 3.8) is 0 Å². The number of carboxylic acid groups (broad SMARTS) is 1. The summed E-state index contributed by atoms with van der Waals surface area (Å²) >= 11 is 1.75. The van der Waals surface area contributed by atoms with Crippen molar-refractivity contribution < 1.29 is 9.90 Å². The molecule has 0 radical (unpaired) electrons. The SMILES string of the molecule is CC1CCC(C(=O)O)C(C)N1Cc1nc(C2CCCCC2)cs1. The van der Waals surface area contributed by atoms with Crippen molar-refractivity contribution in [2.75, 3.05) is 0 Å². The third kappa shape index (κ3) is 3.77. The van der Waals surface area contributed by atoms with E-state index >= 15 is 0 Å². The zero-order valence-electron chi connectivity index (χ0n) is 14.2. The van der Waals surface area contributed by atoms with Crippen LogP contribution in [-0.4, -0.2) is 33.0 Å². The molecular formula is C18H28N2O2S. The molecule has 2 aliphatic rings. The van der Waals surface area contributed by atoms with Crippen LogP contribution in [0.2, 0.25) is 0 Å². The predicted octanol–water partition coefficient (Wildman–Crippen LogP) is 4.26. The lowest BCUT2D eigenvalue weighted by molar-refractivity contribution is -0.146. The van der Waals surface area contributed by atoms with Gasteiger partial charge in [-0.2, -0.15) is 0 Å². The number of hydrogen-bond acceptors (Lipinski definition) is 4. The number of likely N-dealkylation sites (tertiary alicyclic amines) is 1. The first-order valence-electron chi connectivity index (χ1n) is 8.99. The maximum atomic E-state index is 11.4. The van der Waals surface area contributed by atoms with Crippen molar-refractivity contribution in [1.29, 1.82) is 0 Å². The molecule has 1 N–H and O–H groups in total. The summed E-state index contributed by atoms with van der Waals surface area (Å²) in [6, 6.07) is 0.515. The van der Waals surface area contributed by atoms with E-state index in [0.29, 0.717) is 12.0 Å². The zero-order chi connectivity index (χ0) is 16.4. The van der Waals surface area contributed by atoms with Gasteiger partial charge in [0.15, 0.2) is 0 Å². The summed E-state index contributed by atoms with van der Waals surface area (Å²) in [6.45, 7) is 5.07. The molecule has 3 rings (SSSR count). The Kier molecular flexibility index (Phi) is 5.37. The van der Waals surface area contributed by atoms with E-state index in [1.165, 1.54) is 37.8 Å². The molecule has 5 heteroatoms. The Bertz CT molecular complexity index is 539. The summed E-state index contributed by atoms with van der Waals surface area (Å²) in [7, 11) is 0. The molecule has 0 amide bonds. The first-order chi connectivity index (χ1) is 11.1. The third-order valence-electron chi connectivity index (χ3n) is 5.80. The second kappa shape index (κ2) is 7.31. The number of thiazole rings is 1. The molecule has 1 aliphatic heterocycles. The van der Waals surface area contributed by atoms with Gasteiger partial charge < -0.3 is 5.11 Å². The number of nitrogens with zero attached hydrogens (tertiary/aromatic N) is 2. The number of aromatic nitrogens is 1. The van der Waals surface area contributed by atoms with Crippen LogP contribution < -0.4 is 0 Å². The zero-order valence-corrected chi connectivity index (χ0v) is 15.0. The highest BCUT2D eigenvalue weighted by atomic mass is 32.1. The molecule has 1 saturated carbocycles. The Balaban J connectivity index is 1.67. The Morgan fingerprint density at radius 1 is 1.26 bits per heavy atom. The fraction of sp³-hybridized carbons (Fsp3) is 0.778. The van der Waals surface area contributed by atoms with E-state index in [-0.39, 0.29) is 12.0 Å². The van der Waals surface area contributed by atoms with Crippen molar-refractivity contribution in [3.05, 3.63) is 16.1 Å². The third-order valence-corrected chi connectivity index (χ3v) is 6.65. The van der Waals surface area contributed by atoms with Gasteiger partial charge in [-0.1, -0.05) is 19.3 Å². The lowest BCUT2D eigenvalue weighted by Crippen LogP contribution is -2.50. The fourth-order valence-corrected chi connectivity index (χ4v) is 5.11. The average molecular weight is 337 g/mol. The Hall–Kier alpha value is -0.940. The molecule has 128 valence electrons. The van der Waals surface area contributed by atoms with E-state index in [1.54, 1.807) is 11.3 Å². The largest absolute Gasteiger partial charge is 0.481 e. The molecule has 3 unspecified atom stereocenters. The Labute approximate surface area is 142 Å². The van der Waals surface area contributed by atoms with Crippen LogP contribution in [0.4, 0.5) is 0 Å². The van der Waals surface area contributed by atoms with Gasteiger partial charge in [0, 0.05) is 23.4 Å². The monoisotopic (exact) mass is 336 g/mol. The van der Waals surface area contributed by atoms with Crippen LogP contribution in [-0.2, 0) is 11.3 Å². The predicted molar refractivity (Wildman–Crippen MR) is 92.8 cm³/mol. The number of carbonyl (C=O) groups is 1. The van der Waals surface area contributed by atoms with E-state index in [9.17, 15) is 9.90 Å². The van der Waals surface area contributed by atoms with Crippen LogP contribution in [0.25, 0.3) is 0 Å². The van der Waals surface area contributed by atoms with Gasteiger partial charge in [-0.05, 0) is 39.5 Å². The maximum Gasteiger partial charge on any atom is 0.308 e. The van der Waals surface area contributed by atoms with Crippen LogP contribution >= 0.6 is 11.3 Å². The molecule has 0 bridgehead atoms. The van der Waals surface area contributed by atoms with Gasteiger partial charge in [0.05, 0.1) is 18.2 Å². The van der Waals surface area contributed by atoms with Gasteiger partial charge in [0.25, 0.3) is 0 Å². The van der Waals surface area contributed by atoms with Gasteiger partial charge >= 0.3 is 5.97 Å². The quantitative estimate of drug-likeness (QED) is 0.892. The molecule has 23 heavy (non-hydrogen) atoms. The molecule has 1 saturated heterocycles. The van der Waals surface area contributed by atoms with Gasteiger partial charge in [-0.15, -0.1) is 11.3 Å². The normalized spacial score (nSPS) is 30.4. The minimum Gasteiger partial charge on any atom is -0.481 e. The molecule has 1 aromatic rings. The average Bonchev–Trinajstić information content (AvgIpc) is 3.00. The van der Waals surface area contributed by atoms with Gasteiger partial charge in [-0.25, -0.2) is 4.98 Å². The molecule has 3 atom stereocenters. The van der Waals surface area contributed by atoms with Crippen LogP contribution in [0.5, 0.6) is 0 Å².